The molecule has 0 saturated carbocycles. The van der Waals surface area contributed by atoms with Gasteiger partial charge in [0.05, 0.1) is 6.10 Å². The Balaban J connectivity index is 1.99. The SMILES string of the molecule is CC(C(=O)O)N(Cc1ccccc1)C(=O)CCC1CCCO1. The quantitative estimate of drug-likeness (QED) is 0.840. The highest BCUT2D eigenvalue weighted by molar-refractivity contribution is 5.83. The number of nitrogens with zero attached hydrogens (tertiary/aromatic N) is 1. The maximum absolute atomic E-state index is 12.5. The van der Waals surface area contributed by atoms with Gasteiger partial charge in [-0.15, -0.1) is 0 Å². The lowest BCUT2D eigenvalue weighted by Gasteiger charge is -2.27. The third kappa shape index (κ3) is 4.56. The van der Waals surface area contributed by atoms with Crippen molar-refractivity contribution >= 4 is 11.9 Å². The molecule has 5 heteroatoms. The van der Waals surface area contributed by atoms with E-state index in [0.717, 1.165) is 25.0 Å². The summed E-state index contributed by atoms with van der Waals surface area (Å²) >= 11 is 0. The highest BCUT2D eigenvalue weighted by Gasteiger charge is 2.26. The van der Waals surface area contributed by atoms with E-state index in [9.17, 15) is 14.7 Å². The Hall–Kier alpha value is -1.88. The van der Waals surface area contributed by atoms with Gasteiger partial charge in [0.15, 0.2) is 0 Å². The molecule has 1 aliphatic heterocycles. The molecule has 0 bridgehead atoms. The van der Waals surface area contributed by atoms with E-state index >= 15 is 0 Å². The molecule has 0 spiro atoms. The van der Waals surface area contributed by atoms with E-state index in [-0.39, 0.29) is 12.0 Å². The summed E-state index contributed by atoms with van der Waals surface area (Å²) < 4.78 is 5.52. The number of ether oxygens (including phenoxy) is 1. The number of carboxylic acids is 1. The summed E-state index contributed by atoms with van der Waals surface area (Å²) in [6.45, 7) is 2.63. The summed E-state index contributed by atoms with van der Waals surface area (Å²) in [4.78, 5) is 25.2. The van der Waals surface area contributed by atoms with E-state index in [2.05, 4.69) is 0 Å². The van der Waals surface area contributed by atoms with Crippen LogP contribution in [0, 0.1) is 0 Å². The second-order valence-corrected chi connectivity index (χ2v) is 5.70. The van der Waals surface area contributed by atoms with Gasteiger partial charge < -0.3 is 14.7 Å². The van der Waals surface area contributed by atoms with Crippen molar-refractivity contribution in [3.8, 4) is 0 Å². The number of carboxylic acid groups (broad SMARTS) is 1. The first kappa shape index (κ1) is 16.5. The van der Waals surface area contributed by atoms with Crippen LogP contribution in [0.15, 0.2) is 30.3 Å². The standard InChI is InChI=1S/C17H23NO4/c1-13(17(20)21)18(12-14-6-3-2-4-7-14)16(19)10-9-15-8-5-11-22-15/h2-4,6-7,13,15H,5,8-12H2,1H3,(H,20,21). The average Bonchev–Trinajstić information content (AvgIpc) is 3.04. The number of rotatable bonds is 7. The fourth-order valence-corrected chi connectivity index (χ4v) is 2.65. The van der Waals surface area contributed by atoms with Gasteiger partial charge in [0, 0.05) is 19.6 Å². The Labute approximate surface area is 130 Å². The minimum atomic E-state index is -0.985. The molecule has 5 nitrogen and oxygen atoms in total. The Morgan fingerprint density at radius 3 is 2.68 bits per heavy atom. The normalized spacial score (nSPS) is 18.9. The van der Waals surface area contributed by atoms with Gasteiger partial charge in [0.1, 0.15) is 6.04 Å². The maximum atomic E-state index is 12.5. The number of hydrogen-bond donors (Lipinski definition) is 1. The number of aliphatic carboxylic acids is 1. The molecule has 1 amide bonds. The summed E-state index contributed by atoms with van der Waals surface area (Å²) in [6.07, 6.45) is 3.16. The Morgan fingerprint density at radius 1 is 1.36 bits per heavy atom. The molecule has 1 saturated heterocycles. The third-order valence-electron chi connectivity index (χ3n) is 4.05. The molecule has 120 valence electrons. The Kier molecular flexibility index (Phi) is 5.95. The number of benzene rings is 1. The van der Waals surface area contributed by atoms with Crippen molar-refractivity contribution in [3.05, 3.63) is 35.9 Å². The molecule has 0 aliphatic carbocycles. The minimum Gasteiger partial charge on any atom is -0.480 e. The molecule has 1 aliphatic rings. The van der Waals surface area contributed by atoms with Crippen LogP contribution in [0.3, 0.4) is 0 Å². The molecule has 1 N–H and O–H groups in total. The van der Waals surface area contributed by atoms with Crippen LogP contribution >= 0.6 is 0 Å². The van der Waals surface area contributed by atoms with Gasteiger partial charge in [0.25, 0.3) is 0 Å². The van der Waals surface area contributed by atoms with Gasteiger partial charge in [0.2, 0.25) is 5.91 Å². The topological polar surface area (TPSA) is 66.8 Å². The summed E-state index contributed by atoms with van der Waals surface area (Å²) in [5.74, 6) is -1.12. The van der Waals surface area contributed by atoms with Crippen molar-refractivity contribution in [1.29, 1.82) is 0 Å². The second-order valence-electron chi connectivity index (χ2n) is 5.70. The Bertz CT molecular complexity index is 497. The third-order valence-corrected chi connectivity index (χ3v) is 4.05. The number of hydrogen-bond acceptors (Lipinski definition) is 3. The molecule has 1 fully saturated rings. The predicted octanol–water partition coefficient (Wildman–Crippen LogP) is 2.45. The van der Waals surface area contributed by atoms with E-state index in [1.54, 1.807) is 6.92 Å². The highest BCUT2D eigenvalue weighted by atomic mass is 16.5. The molecule has 2 unspecified atom stereocenters. The van der Waals surface area contributed by atoms with Crippen LogP contribution in [-0.2, 0) is 20.9 Å². The summed E-state index contributed by atoms with van der Waals surface area (Å²) in [6, 6.07) is 8.63. The molecule has 2 atom stereocenters. The van der Waals surface area contributed by atoms with Crippen molar-refractivity contribution in [3.63, 3.8) is 0 Å². The summed E-state index contributed by atoms with van der Waals surface area (Å²) in [5.41, 5.74) is 0.932. The lowest BCUT2D eigenvalue weighted by molar-refractivity contribution is -0.150. The zero-order valence-corrected chi connectivity index (χ0v) is 12.9. The average molecular weight is 305 g/mol. The van der Waals surface area contributed by atoms with Gasteiger partial charge in [-0.3, -0.25) is 4.79 Å². The van der Waals surface area contributed by atoms with E-state index in [1.165, 1.54) is 4.90 Å². The summed E-state index contributed by atoms with van der Waals surface area (Å²) in [7, 11) is 0. The monoisotopic (exact) mass is 305 g/mol. The number of carbonyl (C=O) groups excluding carboxylic acids is 1. The van der Waals surface area contributed by atoms with Crippen LogP contribution in [0.25, 0.3) is 0 Å². The van der Waals surface area contributed by atoms with Gasteiger partial charge in [-0.2, -0.15) is 0 Å². The zero-order chi connectivity index (χ0) is 15.9. The molecule has 0 aromatic heterocycles. The number of amides is 1. The predicted molar refractivity (Wildman–Crippen MR) is 82.3 cm³/mol. The Morgan fingerprint density at radius 2 is 2.09 bits per heavy atom. The zero-order valence-electron chi connectivity index (χ0n) is 12.9. The van der Waals surface area contributed by atoms with Crippen LogP contribution in [0.2, 0.25) is 0 Å². The van der Waals surface area contributed by atoms with Gasteiger partial charge in [-0.25, -0.2) is 4.79 Å². The van der Waals surface area contributed by atoms with E-state index < -0.39 is 12.0 Å². The molecule has 1 aromatic rings. The van der Waals surface area contributed by atoms with Crippen molar-refractivity contribution in [2.75, 3.05) is 6.61 Å². The fourth-order valence-electron chi connectivity index (χ4n) is 2.65. The summed E-state index contributed by atoms with van der Waals surface area (Å²) in [5, 5.41) is 9.24. The van der Waals surface area contributed by atoms with Gasteiger partial charge >= 0.3 is 5.97 Å². The molecule has 22 heavy (non-hydrogen) atoms. The molecule has 1 aromatic carbocycles. The van der Waals surface area contributed by atoms with Crippen LogP contribution in [0.1, 0.15) is 38.2 Å². The first-order chi connectivity index (χ1) is 10.6. The van der Waals surface area contributed by atoms with Gasteiger partial charge in [-0.1, -0.05) is 30.3 Å². The minimum absolute atomic E-state index is 0.130. The lowest BCUT2D eigenvalue weighted by Crippen LogP contribution is -2.42. The molecule has 1 heterocycles. The molecular weight excluding hydrogens is 282 g/mol. The van der Waals surface area contributed by atoms with Crippen LogP contribution < -0.4 is 0 Å². The van der Waals surface area contributed by atoms with Crippen LogP contribution in [-0.4, -0.2) is 40.6 Å². The van der Waals surface area contributed by atoms with Crippen molar-refractivity contribution in [2.24, 2.45) is 0 Å². The van der Waals surface area contributed by atoms with Crippen LogP contribution in [0.5, 0.6) is 0 Å². The lowest BCUT2D eigenvalue weighted by atomic mass is 10.1. The first-order valence-electron chi connectivity index (χ1n) is 7.75. The van der Waals surface area contributed by atoms with E-state index in [4.69, 9.17) is 4.74 Å². The van der Waals surface area contributed by atoms with Crippen molar-refractivity contribution in [2.45, 2.75) is 51.3 Å². The van der Waals surface area contributed by atoms with Crippen molar-refractivity contribution < 1.29 is 19.4 Å². The highest BCUT2D eigenvalue weighted by Crippen LogP contribution is 2.19. The van der Waals surface area contributed by atoms with Crippen molar-refractivity contribution in [1.82, 2.24) is 4.90 Å². The van der Waals surface area contributed by atoms with E-state index in [0.29, 0.717) is 19.4 Å². The maximum Gasteiger partial charge on any atom is 0.326 e. The van der Waals surface area contributed by atoms with Gasteiger partial charge in [-0.05, 0) is 31.7 Å². The molecule has 2 rings (SSSR count). The van der Waals surface area contributed by atoms with E-state index in [1.807, 2.05) is 30.3 Å². The fraction of sp³-hybridized carbons (Fsp3) is 0.529. The first-order valence-corrected chi connectivity index (χ1v) is 7.75. The smallest absolute Gasteiger partial charge is 0.326 e. The largest absolute Gasteiger partial charge is 0.480 e. The molecule has 0 radical (unpaired) electrons. The number of carbonyl (C=O) groups is 2. The second kappa shape index (κ2) is 7.94. The molecular formula is C17H23NO4. The van der Waals surface area contributed by atoms with Crippen LogP contribution in [0.4, 0.5) is 0 Å².